The SMILES string of the molecule is CC(C)=C(C)C.[Hf]. The van der Waals surface area contributed by atoms with Crippen LogP contribution < -0.4 is 0 Å². The summed E-state index contributed by atoms with van der Waals surface area (Å²) in [6.45, 7) is 8.48. The monoisotopic (exact) mass is 264 g/mol. The average Bonchev–Trinajstić information content (AvgIpc) is 1.36. The van der Waals surface area contributed by atoms with Crippen LogP contribution in [0.15, 0.2) is 11.1 Å². The fourth-order valence-electron chi connectivity index (χ4n) is 0. The summed E-state index contributed by atoms with van der Waals surface area (Å²) in [5, 5.41) is 0. The van der Waals surface area contributed by atoms with E-state index in [9.17, 15) is 0 Å². The van der Waals surface area contributed by atoms with Gasteiger partial charge in [0.2, 0.25) is 0 Å². The molecular weight excluding hydrogens is 251 g/mol. The van der Waals surface area contributed by atoms with Gasteiger partial charge in [-0.3, -0.25) is 0 Å². The van der Waals surface area contributed by atoms with Crippen molar-refractivity contribution in [3.05, 3.63) is 11.1 Å². The molecule has 0 fully saturated rings. The van der Waals surface area contributed by atoms with E-state index in [2.05, 4.69) is 27.7 Å². The standard InChI is InChI=1S/C6H12.Hf/c1-5(2)6(3)4;/h1-4H3;. The third-order valence-corrected chi connectivity index (χ3v) is 1.00. The molecular formula is C6H12Hf. The van der Waals surface area contributed by atoms with Crippen LogP contribution in [0.25, 0.3) is 0 Å². The number of hydrogen-bond acceptors (Lipinski definition) is 0. The van der Waals surface area contributed by atoms with Gasteiger partial charge in [-0.15, -0.1) is 0 Å². The van der Waals surface area contributed by atoms with Gasteiger partial charge in [0.15, 0.2) is 0 Å². The predicted octanol–water partition coefficient (Wildman–Crippen LogP) is 2.36. The van der Waals surface area contributed by atoms with Crippen LogP contribution in [0.5, 0.6) is 0 Å². The molecule has 0 aromatic carbocycles. The first-order chi connectivity index (χ1) is 2.64. The summed E-state index contributed by atoms with van der Waals surface area (Å²) in [7, 11) is 0. The molecule has 0 nitrogen and oxygen atoms in total. The van der Waals surface area contributed by atoms with Gasteiger partial charge in [0.05, 0.1) is 0 Å². The number of hydrogen-bond donors (Lipinski definition) is 0. The Morgan fingerprint density at radius 3 is 0.857 bits per heavy atom. The average molecular weight is 263 g/mol. The van der Waals surface area contributed by atoms with Crippen molar-refractivity contribution in [2.45, 2.75) is 27.7 Å². The van der Waals surface area contributed by atoms with Crippen LogP contribution in [0.2, 0.25) is 0 Å². The minimum absolute atomic E-state index is 0. The fraction of sp³-hybridized carbons (Fsp3) is 0.667. The Morgan fingerprint density at radius 1 is 0.714 bits per heavy atom. The van der Waals surface area contributed by atoms with Gasteiger partial charge in [0.1, 0.15) is 0 Å². The largest absolute Gasteiger partial charge is 0.0778 e. The molecule has 0 atom stereocenters. The molecule has 0 radical (unpaired) electrons. The first-order valence-electron chi connectivity index (χ1n) is 2.25. The van der Waals surface area contributed by atoms with Crippen molar-refractivity contribution in [1.29, 1.82) is 0 Å². The van der Waals surface area contributed by atoms with Gasteiger partial charge < -0.3 is 0 Å². The van der Waals surface area contributed by atoms with Gasteiger partial charge in [0, 0.05) is 25.8 Å². The van der Waals surface area contributed by atoms with E-state index in [4.69, 9.17) is 0 Å². The molecule has 0 N–H and O–H groups in total. The van der Waals surface area contributed by atoms with Crippen molar-refractivity contribution in [3.8, 4) is 0 Å². The van der Waals surface area contributed by atoms with Crippen LogP contribution in [0.1, 0.15) is 27.7 Å². The van der Waals surface area contributed by atoms with Gasteiger partial charge >= 0.3 is 0 Å². The van der Waals surface area contributed by atoms with Crippen LogP contribution in [-0.2, 0) is 25.8 Å². The van der Waals surface area contributed by atoms with Crippen LogP contribution in [-0.4, -0.2) is 0 Å². The molecule has 0 saturated heterocycles. The zero-order valence-electron chi connectivity index (χ0n) is 5.50. The molecule has 0 aliphatic rings. The molecule has 0 spiro atoms. The van der Waals surface area contributed by atoms with E-state index in [0.29, 0.717) is 0 Å². The molecule has 0 aromatic heterocycles. The summed E-state index contributed by atoms with van der Waals surface area (Å²) in [5.41, 5.74) is 2.85. The Labute approximate surface area is 64.8 Å². The van der Waals surface area contributed by atoms with Crippen LogP contribution in [0.3, 0.4) is 0 Å². The second-order valence-electron chi connectivity index (χ2n) is 2.00. The van der Waals surface area contributed by atoms with E-state index in [0.717, 1.165) is 0 Å². The van der Waals surface area contributed by atoms with Crippen LogP contribution in [0, 0.1) is 0 Å². The van der Waals surface area contributed by atoms with Crippen LogP contribution in [0.4, 0.5) is 0 Å². The van der Waals surface area contributed by atoms with Crippen molar-refractivity contribution in [3.63, 3.8) is 0 Å². The first kappa shape index (κ1) is 10.6. The van der Waals surface area contributed by atoms with Gasteiger partial charge in [-0.25, -0.2) is 0 Å². The Hall–Kier alpha value is 0.610. The van der Waals surface area contributed by atoms with Crippen molar-refractivity contribution in [2.24, 2.45) is 0 Å². The van der Waals surface area contributed by atoms with E-state index in [-0.39, 0.29) is 25.8 Å². The molecule has 0 bridgehead atoms. The molecule has 7 heavy (non-hydrogen) atoms. The minimum Gasteiger partial charge on any atom is -0.0778 e. The molecule has 0 amide bonds. The third kappa shape index (κ3) is 6.61. The van der Waals surface area contributed by atoms with Crippen molar-refractivity contribution in [1.82, 2.24) is 0 Å². The summed E-state index contributed by atoms with van der Waals surface area (Å²) < 4.78 is 0. The Morgan fingerprint density at radius 2 is 0.857 bits per heavy atom. The van der Waals surface area contributed by atoms with Gasteiger partial charge in [-0.2, -0.15) is 0 Å². The van der Waals surface area contributed by atoms with Crippen molar-refractivity contribution < 1.29 is 25.8 Å². The first-order valence-corrected chi connectivity index (χ1v) is 2.25. The molecule has 0 rings (SSSR count). The Kier molecular flexibility index (Phi) is 7.19. The molecule has 0 aliphatic carbocycles. The Balaban J connectivity index is 0. The van der Waals surface area contributed by atoms with Crippen molar-refractivity contribution in [2.75, 3.05) is 0 Å². The van der Waals surface area contributed by atoms with E-state index < -0.39 is 0 Å². The van der Waals surface area contributed by atoms with Crippen molar-refractivity contribution >= 4 is 0 Å². The van der Waals surface area contributed by atoms with Gasteiger partial charge in [-0.1, -0.05) is 11.1 Å². The fourth-order valence-corrected chi connectivity index (χ4v) is 0. The quantitative estimate of drug-likeness (QED) is 0.464. The summed E-state index contributed by atoms with van der Waals surface area (Å²) in [6.07, 6.45) is 0. The van der Waals surface area contributed by atoms with Gasteiger partial charge in [0.25, 0.3) is 0 Å². The Bertz CT molecular complexity index is 54.2. The number of rotatable bonds is 0. The third-order valence-electron chi connectivity index (χ3n) is 1.00. The van der Waals surface area contributed by atoms with Gasteiger partial charge in [-0.05, 0) is 27.7 Å². The second kappa shape index (κ2) is 4.76. The molecule has 1 heteroatoms. The predicted molar refractivity (Wildman–Crippen MR) is 29.7 cm³/mol. The summed E-state index contributed by atoms with van der Waals surface area (Å²) in [6, 6.07) is 0. The second-order valence-corrected chi connectivity index (χ2v) is 2.00. The van der Waals surface area contributed by atoms with E-state index in [1.807, 2.05) is 0 Å². The topological polar surface area (TPSA) is 0 Å². The molecule has 0 aromatic rings. The minimum atomic E-state index is 0. The number of allylic oxidation sites excluding steroid dienone is 2. The normalized spacial score (nSPS) is 6.86. The maximum absolute atomic E-state index is 2.12. The van der Waals surface area contributed by atoms with E-state index in [1.54, 1.807) is 0 Å². The maximum Gasteiger partial charge on any atom is 0 e. The molecule has 0 aliphatic heterocycles. The molecule has 0 unspecified atom stereocenters. The smallest absolute Gasteiger partial charge is 0 e. The van der Waals surface area contributed by atoms with E-state index in [1.165, 1.54) is 11.1 Å². The van der Waals surface area contributed by atoms with Crippen LogP contribution >= 0.6 is 0 Å². The van der Waals surface area contributed by atoms with E-state index >= 15 is 0 Å². The molecule has 0 saturated carbocycles. The maximum atomic E-state index is 2.12. The zero-order valence-corrected chi connectivity index (χ0v) is 9.09. The summed E-state index contributed by atoms with van der Waals surface area (Å²) in [5.74, 6) is 0. The summed E-state index contributed by atoms with van der Waals surface area (Å²) >= 11 is 0. The zero-order chi connectivity index (χ0) is 5.15. The summed E-state index contributed by atoms with van der Waals surface area (Å²) in [4.78, 5) is 0. The molecule has 40 valence electrons. The molecule has 0 heterocycles.